The third kappa shape index (κ3) is 4.68. The zero-order chi connectivity index (χ0) is 22.5. The van der Waals surface area contributed by atoms with Crippen LogP contribution in [0.1, 0.15) is 32.2 Å². The van der Waals surface area contributed by atoms with Crippen LogP contribution in [0, 0.1) is 6.92 Å². The van der Waals surface area contributed by atoms with Crippen molar-refractivity contribution in [3.8, 4) is 11.3 Å². The minimum absolute atomic E-state index is 0.273. The van der Waals surface area contributed by atoms with Gasteiger partial charge in [-0.3, -0.25) is 14.6 Å². The number of carbonyl (C=O) groups excluding carboxylic acids is 2. The highest BCUT2D eigenvalue weighted by molar-refractivity contribution is 6.33. The minimum atomic E-state index is -0.412. The van der Waals surface area contributed by atoms with Crippen molar-refractivity contribution in [1.29, 1.82) is 0 Å². The molecular weight excluding hydrogens is 428 g/mol. The van der Waals surface area contributed by atoms with Gasteiger partial charge in [-0.15, -0.1) is 0 Å². The van der Waals surface area contributed by atoms with E-state index in [1.807, 2.05) is 18.2 Å². The van der Waals surface area contributed by atoms with Gasteiger partial charge in [0.1, 0.15) is 17.0 Å². The molecule has 2 aromatic heterocycles. The number of nitrogens with one attached hydrogen (secondary N) is 2. The molecule has 2 aromatic carbocycles. The van der Waals surface area contributed by atoms with E-state index < -0.39 is 5.91 Å². The lowest BCUT2D eigenvalue weighted by Crippen LogP contribution is -2.23. The molecule has 4 aromatic rings. The second-order valence-electron chi connectivity index (χ2n) is 6.98. The summed E-state index contributed by atoms with van der Waals surface area (Å²) in [5, 5.41) is 10.1. The predicted molar refractivity (Wildman–Crippen MR) is 121 cm³/mol. The number of rotatable bonds is 6. The van der Waals surface area contributed by atoms with E-state index in [9.17, 15) is 9.59 Å². The van der Waals surface area contributed by atoms with Crippen LogP contribution in [0.15, 0.2) is 77.4 Å². The Morgan fingerprint density at radius 3 is 2.59 bits per heavy atom. The molecule has 0 atom stereocenters. The van der Waals surface area contributed by atoms with Gasteiger partial charge in [0.2, 0.25) is 0 Å². The van der Waals surface area contributed by atoms with Crippen molar-refractivity contribution in [3.05, 3.63) is 101 Å². The normalized spacial score (nSPS) is 10.6. The number of nitrogens with zero attached hydrogens (tertiary/aromatic N) is 2. The smallest absolute Gasteiger partial charge is 0.261 e. The fraction of sp³-hybridized carbons (Fsp3) is 0.0833. The fourth-order valence-corrected chi connectivity index (χ4v) is 3.41. The van der Waals surface area contributed by atoms with Crippen LogP contribution in [0.4, 0.5) is 5.69 Å². The van der Waals surface area contributed by atoms with Gasteiger partial charge < -0.3 is 15.2 Å². The Morgan fingerprint density at radius 2 is 1.81 bits per heavy atom. The lowest BCUT2D eigenvalue weighted by molar-refractivity contribution is 0.0949. The van der Waals surface area contributed by atoms with E-state index >= 15 is 0 Å². The number of anilines is 1. The summed E-state index contributed by atoms with van der Waals surface area (Å²) in [4.78, 5) is 29.7. The molecule has 0 saturated carbocycles. The van der Waals surface area contributed by atoms with Crippen LogP contribution in [-0.2, 0) is 6.54 Å². The number of aryl methyl sites for hydroxylation is 1. The highest BCUT2D eigenvalue weighted by Gasteiger charge is 2.23. The van der Waals surface area contributed by atoms with E-state index in [0.29, 0.717) is 39.8 Å². The Balaban J connectivity index is 1.51. The standard InChI is InChI=1S/C24H19ClN4O3/c1-15-21(22(29-32-15)19-10-2-3-11-20(19)25)24(31)28-17-9-6-7-16(13-17)23(30)27-14-18-8-4-5-12-26-18/h2-13H,14H2,1H3,(H,27,30)(H,28,31). The van der Waals surface area contributed by atoms with E-state index in [2.05, 4.69) is 20.8 Å². The number of hydrogen-bond acceptors (Lipinski definition) is 5. The first kappa shape index (κ1) is 21.3. The third-order valence-electron chi connectivity index (χ3n) is 4.76. The van der Waals surface area contributed by atoms with E-state index in [0.717, 1.165) is 5.69 Å². The molecular formula is C24H19ClN4O3. The molecule has 0 spiro atoms. The SMILES string of the molecule is Cc1onc(-c2ccccc2Cl)c1C(=O)Nc1cccc(C(=O)NCc2ccccn2)c1. The lowest BCUT2D eigenvalue weighted by atomic mass is 10.1. The molecule has 4 rings (SSSR count). The monoisotopic (exact) mass is 446 g/mol. The van der Waals surface area contributed by atoms with Crippen molar-refractivity contribution < 1.29 is 14.1 Å². The van der Waals surface area contributed by atoms with Gasteiger partial charge in [0.05, 0.1) is 17.3 Å². The van der Waals surface area contributed by atoms with Crippen LogP contribution < -0.4 is 10.6 Å². The van der Waals surface area contributed by atoms with Gasteiger partial charge in [-0.25, -0.2) is 0 Å². The Bertz CT molecular complexity index is 1270. The summed E-state index contributed by atoms with van der Waals surface area (Å²) in [7, 11) is 0. The van der Waals surface area contributed by atoms with Crippen molar-refractivity contribution in [2.24, 2.45) is 0 Å². The highest BCUT2D eigenvalue weighted by Crippen LogP contribution is 2.31. The summed E-state index contributed by atoms with van der Waals surface area (Å²) in [5.74, 6) is -0.323. The highest BCUT2D eigenvalue weighted by atomic mass is 35.5. The molecule has 0 unspecified atom stereocenters. The molecule has 0 bridgehead atoms. The zero-order valence-corrected chi connectivity index (χ0v) is 17.9. The van der Waals surface area contributed by atoms with Crippen LogP contribution in [0.5, 0.6) is 0 Å². The van der Waals surface area contributed by atoms with Gasteiger partial charge >= 0.3 is 0 Å². The lowest BCUT2D eigenvalue weighted by Gasteiger charge is -2.09. The first-order chi connectivity index (χ1) is 15.5. The quantitative estimate of drug-likeness (QED) is 0.440. The van der Waals surface area contributed by atoms with E-state index in [1.165, 1.54) is 0 Å². The van der Waals surface area contributed by atoms with Crippen LogP contribution >= 0.6 is 11.6 Å². The molecule has 160 valence electrons. The second-order valence-corrected chi connectivity index (χ2v) is 7.39. The van der Waals surface area contributed by atoms with Crippen LogP contribution in [0.25, 0.3) is 11.3 Å². The Kier molecular flexibility index (Phi) is 6.28. The van der Waals surface area contributed by atoms with E-state index in [-0.39, 0.29) is 11.5 Å². The minimum Gasteiger partial charge on any atom is -0.360 e. The average molecular weight is 447 g/mol. The van der Waals surface area contributed by atoms with Crippen LogP contribution in [0.3, 0.4) is 0 Å². The van der Waals surface area contributed by atoms with Gasteiger partial charge in [-0.1, -0.05) is 47.1 Å². The van der Waals surface area contributed by atoms with Crippen molar-refractivity contribution in [2.45, 2.75) is 13.5 Å². The topological polar surface area (TPSA) is 97.1 Å². The van der Waals surface area contributed by atoms with Gasteiger partial charge in [-0.2, -0.15) is 0 Å². The van der Waals surface area contributed by atoms with Crippen LogP contribution in [0.2, 0.25) is 5.02 Å². The van der Waals surface area contributed by atoms with E-state index in [4.69, 9.17) is 16.1 Å². The largest absolute Gasteiger partial charge is 0.360 e. The van der Waals surface area contributed by atoms with Crippen molar-refractivity contribution >= 4 is 29.1 Å². The van der Waals surface area contributed by atoms with Gasteiger partial charge in [-0.05, 0) is 43.3 Å². The van der Waals surface area contributed by atoms with Gasteiger partial charge in [0, 0.05) is 23.0 Å². The zero-order valence-electron chi connectivity index (χ0n) is 17.1. The number of aromatic nitrogens is 2. The number of pyridine rings is 1. The summed E-state index contributed by atoms with van der Waals surface area (Å²) in [6.07, 6.45) is 1.67. The average Bonchev–Trinajstić information content (AvgIpc) is 3.20. The molecule has 7 nitrogen and oxygen atoms in total. The fourth-order valence-electron chi connectivity index (χ4n) is 3.18. The first-order valence-electron chi connectivity index (χ1n) is 9.83. The Hall–Kier alpha value is -3.97. The molecule has 0 radical (unpaired) electrons. The second kappa shape index (κ2) is 9.45. The Labute approximate surface area is 189 Å². The molecule has 2 amide bonds. The third-order valence-corrected chi connectivity index (χ3v) is 5.09. The summed E-state index contributed by atoms with van der Waals surface area (Å²) in [6, 6.07) is 19.2. The molecule has 0 aliphatic carbocycles. The molecule has 0 fully saturated rings. The predicted octanol–water partition coefficient (Wildman–Crippen LogP) is 4.88. The van der Waals surface area contributed by atoms with Gasteiger partial charge in [0.25, 0.3) is 11.8 Å². The number of carbonyl (C=O) groups is 2. The maximum absolute atomic E-state index is 13.0. The molecule has 8 heteroatoms. The number of halogens is 1. The maximum Gasteiger partial charge on any atom is 0.261 e. The summed E-state index contributed by atoms with van der Waals surface area (Å²) < 4.78 is 5.26. The maximum atomic E-state index is 13.0. The Morgan fingerprint density at radius 1 is 1.00 bits per heavy atom. The number of benzene rings is 2. The van der Waals surface area contributed by atoms with Crippen molar-refractivity contribution in [2.75, 3.05) is 5.32 Å². The summed E-state index contributed by atoms with van der Waals surface area (Å²) >= 11 is 6.27. The molecule has 32 heavy (non-hydrogen) atoms. The first-order valence-corrected chi connectivity index (χ1v) is 10.2. The molecule has 2 heterocycles. The molecule has 0 aliphatic rings. The van der Waals surface area contributed by atoms with Crippen molar-refractivity contribution in [3.63, 3.8) is 0 Å². The summed E-state index contributed by atoms with van der Waals surface area (Å²) in [6.45, 7) is 1.96. The molecule has 0 aliphatic heterocycles. The van der Waals surface area contributed by atoms with Crippen molar-refractivity contribution in [1.82, 2.24) is 15.5 Å². The summed E-state index contributed by atoms with van der Waals surface area (Å²) in [5.41, 5.74) is 2.86. The van der Waals surface area contributed by atoms with Crippen LogP contribution in [-0.4, -0.2) is 22.0 Å². The van der Waals surface area contributed by atoms with E-state index in [1.54, 1.807) is 61.7 Å². The van der Waals surface area contributed by atoms with Gasteiger partial charge in [0.15, 0.2) is 0 Å². The number of hydrogen-bond donors (Lipinski definition) is 2. The number of amides is 2. The molecule has 2 N–H and O–H groups in total. The molecule has 0 saturated heterocycles.